The van der Waals surface area contributed by atoms with Crippen molar-refractivity contribution in [1.29, 1.82) is 0 Å². The highest BCUT2D eigenvalue weighted by Crippen LogP contribution is 2.16. The maximum absolute atomic E-state index is 3.98. The number of aryl methyl sites for hydroxylation is 1. The molecule has 1 aromatic carbocycles. The Labute approximate surface area is 74.9 Å². The molecule has 0 fully saturated rings. The quantitative estimate of drug-likeness (QED) is 0.593. The molecule has 12 heavy (non-hydrogen) atoms. The second-order valence-corrected chi connectivity index (χ2v) is 2.94. The van der Waals surface area contributed by atoms with Gasteiger partial charge >= 0.3 is 0 Å². The van der Waals surface area contributed by atoms with Crippen LogP contribution >= 0.6 is 0 Å². The van der Waals surface area contributed by atoms with E-state index in [9.17, 15) is 0 Å². The van der Waals surface area contributed by atoms with Gasteiger partial charge in [0.1, 0.15) is 0 Å². The molecular weight excluding hydrogens is 144 g/mol. The van der Waals surface area contributed by atoms with Crippen LogP contribution in [-0.4, -0.2) is 0 Å². The molecule has 0 heteroatoms. The maximum Gasteiger partial charge on any atom is 0.00157 e. The maximum atomic E-state index is 3.98. The van der Waals surface area contributed by atoms with Crippen LogP contribution in [0.15, 0.2) is 36.9 Å². The largest absolute Gasteiger partial charge is 0.102 e. The third-order valence-electron chi connectivity index (χ3n) is 2.07. The predicted octanol–water partition coefficient (Wildman–Crippen LogP) is 3.35. The van der Waals surface area contributed by atoms with Crippen LogP contribution in [0.1, 0.15) is 24.0 Å². The van der Waals surface area contributed by atoms with Gasteiger partial charge in [0.05, 0.1) is 0 Å². The third kappa shape index (κ3) is 1.97. The van der Waals surface area contributed by atoms with Crippen molar-refractivity contribution in [2.45, 2.75) is 19.3 Å². The Balaban J connectivity index is 2.93. The summed E-state index contributed by atoms with van der Waals surface area (Å²) < 4.78 is 0. The Kier molecular flexibility index (Phi) is 3.09. The van der Waals surface area contributed by atoms with Crippen LogP contribution in [0.2, 0.25) is 0 Å². The smallest absolute Gasteiger partial charge is 0.00157 e. The first kappa shape index (κ1) is 9.05. The molecule has 1 radical (unpaired) electrons. The number of rotatable bonds is 3. The van der Waals surface area contributed by atoms with Crippen LogP contribution in [0.3, 0.4) is 0 Å². The van der Waals surface area contributed by atoms with Crippen molar-refractivity contribution in [2.24, 2.45) is 0 Å². The summed E-state index contributed by atoms with van der Waals surface area (Å²) in [6.45, 7) is 9.87. The molecule has 1 atom stereocenters. The van der Waals surface area contributed by atoms with Gasteiger partial charge in [0, 0.05) is 5.92 Å². The molecule has 0 spiro atoms. The summed E-state index contributed by atoms with van der Waals surface area (Å²) in [6.07, 6.45) is 2.95. The van der Waals surface area contributed by atoms with Gasteiger partial charge in [-0.15, -0.1) is 6.58 Å². The summed E-state index contributed by atoms with van der Waals surface area (Å²) in [5, 5.41) is 0. The van der Waals surface area contributed by atoms with Crippen molar-refractivity contribution in [2.75, 3.05) is 0 Å². The molecule has 1 rings (SSSR count). The Morgan fingerprint density at radius 3 is 2.83 bits per heavy atom. The summed E-state index contributed by atoms with van der Waals surface area (Å²) in [6, 6.07) is 8.51. The lowest BCUT2D eigenvalue weighted by Crippen LogP contribution is -1.90. The van der Waals surface area contributed by atoms with E-state index in [1.54, 1.807) is 0 Å². The lowest BCUT2D eigenvalue weighted by molar-refractivity contribution is 1.05. The van der Waals surface area contributed by atoms with Gasteiger partial charge in [0.2, 0.25) is 0 Å². The Morgan fingerprint density at radius 2 is 2.25 bits per heavy atom. The second-order valence-electron chi connectivity index (χ2n) is 2.94. The average molecular weight is 159 g/mol. The molecule has 0 nitrogen and oxygen atoms in total. The first-order valence-corrected chi connectivity index (χ1v) is 4.32. The number of hydrogen-bond acceptors (Lipinski definition) is 0. The standard InChI is InChI=1S/C12H15/c1-4-10(3)12-8-6-7-11(5-2)9-12/h4,6-10H,1,3,5H2,2H3. The Morgan fingerprint density at radius 1 is 1.50 bits per heavy atom. The third-order valence-corrected chi connectivity index (χ3v) is 2.07. The monoisotopic (exact) mass is 159 g/mol. The molecular formula is C12H15. The zero-order valence-electron chi connectivity index (χ0n) is 7.59. The topological polar surface area (TPSA) is 0 Å². The molecule has 0 aliphatic heterocycles. The molecule has 0 saturated heterocycles. The normalized spacial score (nSPS) is 12.5. The van der Waals surface area contributed by atoms with Crippen LogP contribution in [0.4, 0.5) is 0 Å². The lowest BCUT2D eigenvalue weighted by atomic mass is 9.99. The molecule has 0 aromatic heterocycles. The van der Waals surface area contributed by atoms with Gasteiger partial charge in [-0.25, -0.2) is 0 Å². The minimum atomic E-state index is 0.219. The average Bonchev–Trinajstić information content (AvgIpc) is 2.17. The molecule has 0 saturated carbocycles. The van der Waals surface area contributed by atoms with Gasteiger partial charge < -0.3 is 0 Å². The van der Waals surface area contributed by atoms with Gasteiger partial charge in [-0.1, -0.05) is 37.3 Å². The number of benzene rings is 1. The first-order chi connectivity index (χ1) is 5.77. The van der Waals surface area contributed by atoms with Gasteiger partial charge in [-0.2, -0.15) is 0 Å². The second kappa shape index (κ2) is 4.10. The van der Waals surface area contributed by atoms with Crippen LogP contribution in [0, 0.1) is 6.92 Å². The SMILES string of the molecule is [CH2]C(C=C)c1cccc(CC)c1. The lowest BCUT2D eigenvalue weighted by Gasteiger charge is -2.07. The zero-order chi connectivity index (χ0) is 8.97. The molecule has 0 aliphatic carbocycles. The first-order valence-electron chi connectivity index (χ1n) is 4.32. The highest BCUT2D eigenvalue weighted by molar-refractivity contribution is 5.29. The molecule has 1 aromatic rings. The van der Waals surface area contributed by atoms with Gasteiger partial charge in [-0.05, 0) is 24.5 Å². The molecule has 0 aliphatic rings. The molecule has 0 amide bonds. The van der Waals surface area contributed by atoms with Crippen LogP contribution in [0.25, 0.3) is 0 Å². The van der Waals surface area contributed by atoms with Crippen molar-refractivity contribution in [3.05, 3.63) is 55.0 Å². The highest BCUT2D eigenvalue weighted by atomic mass is 14.0. The summed E-state index contributed by atoms with van der Waals surface area (Å²) in [7, 11) is 0. The van der Waals surface area contributed by atoms with Crippen LogP contribution in [0.5, 0.6) is 0 Å². The Hall–Kier alpha value is -1.04. The van der Waals surface area contributed by atoms with E-state index >= 15 is 0 Å². The fraction of sp³-hybridized carbons (Fsp3) is 0.250. The van der Waals surface area contributed by atoms with Crippen molar-refractivity contribution >= 4 is 0 Å². The van der Waals surface area contributed by atoms with Crippen molar-refractivity contribution < 1.29 is 0 Å². The van der Waals surface area contributed by atoms with Gasteiger partial charge in [0.25, 0.3) is 0 Å². The van der Waals surface area contributed by atoms with Crippen molar-refractivity contribution in [3.8, 4) is 0 Å². The van der Waals surface area contributed by atoms with E-state index in [0.29, 0.717) is 0 Å². The van der Waals surface area contributed by atoms with E-state index in [2.05, 4.69) is 44.7 Å². The predicted molar refractivity (Wildman–Crippen MR) is 54.1 cm³/mol. The minimum Gasteiger partial charge on any atom is -0.102 e. The zero-order valence-corrected chi connectivity index (χ0v) is 7.59. The fourth-order valence-electron chi connectivity index (χ4n) is 1.18. The van der Waals surface area contributed by atoms with Crippen molar-refractivity contribution in [3.63, 3.8) is 0 Å². The fourth-order valence-corrected chi connectivity index (χ4v) is 1.18. The van der Waals surface area contributed by atoms with Crippen molar-refractivity contribution in [1.82, 2.24) is 0 Å². The van der Waals surface area contributed by atoms with E-state index < -0.39 is 0 Å². The van der Waals surface area contributed by atoms with Gasteiger partial charge in [0.15, 0.2) is 0 Å². The summed E-state index contributed by atoms with van der Waals surface area (Å²) in [5.74, 6) is 0.219. The van der Waals surface area contributed by atoms with Gasteiger partial charge in [-0.3, -0.25) is 0 Å². The van der Waals surface area contributed by atoms with Crippen LogP contribution in [-0.2, 0) is 6.42 Å². The van der Waals surface area contributed by atoms with Crippen LogP contribution < -0.4 is 0 Å². The summed E-state index contributed by atoms with van der Waals surface area (Å²) in [4.78, 5) is 0. The number of hydrogen-bond donors (Lipinski definition) is 0. The van der Waals surface area contributed by atoms with E-state index in [0.717, 1.165) is 6.42 Å². The molecule has 1 unspecified atom stereocenters. The molecule has 0 bridgehead atoms. The van der Waals surface area contributed by atoms with E-state index in [1.165, 1.54) is 11.1 Å². The summed E-state index contributed by atoms with van der Waals surface area (Å²) >= 11 is 0. The Bertz CT molecular complexity index is 260. The minimum absolute atomic E-state index is 0.219. The number of allylic oxidation sites excluding steroid dienone is 1. The molecule has 0 N–H and O–H groups in total. The van der Waals surface area contributed by atoms with E-state index in [-0.39, 0.29) is 5.92 Å². The highest BCUT2D eigenvalue weighted by Gasteiger charge is 1.99. The van der Waals surface area contributed by atoms with E-state index in [4.69, 9.17) is 0 Å². The molecule has 63 valence electrons. The molecule has 0 heterocycles. The summed E-state index contributed by atoms with van der Waals surface area (Å²) in [5.41, 5.74) is 2.62. The van der Waals surface area contributed by atoms with E-state index in [1.807, 2.05) is 6.08 Å².